The number of ketones is 1. The van der Waals surface area contributed by atoms with Gasteiger partial charge >= 0.3 is 6.18 Å². The van der Waals surface area contributed by atoms with E-state index in [1.54, 1.807) is 0 Å². The van der Waals surface area contributed by atoms with Gasteiger partial charge in [-0.25, -0.2) is 0 Å². The van der Waals surface area contributed by atoms with Crippen molar-refractivity contribution in [3.05, 3.63) is 29.3 Å². The highest BCUT2D eigenvalue weighted by molar-refractivity contribution is 6.04. The Morgan fingerprint density at radius 1 is 1.09 bits per heavy atom. The Bertz CT molecular complexity index is 546. The fourth-order valence-corrected chi connectivity index (χ4v) is 2.20. The topological polar surface area (TPSA) is 29.4 Å². The predicted molar refractivity (Wildman–Crippen MR) is 83.1 cm³/mol. The summed E-state index contributed by atoms with van der Waals surface area (Å²) in [6, 6.07) is 5.78. The minimum absolute atomic E-state index is 0.178. The maximum atomic E-state index is 12.4. The Morgan fingerprint density at radius 2 is 1.55 bits per heavy atom. The van der Waals surface area contributed by atoms with E-state index in [1.165, 1.54) is 6.92 Å². The minimum Gasteiger partial charge on any atom is -0.289 e. The SMILES string of the molecule is C/C(CC(=O)C(F)(F)F)=N\c1c(C(C)C)cccc1C(C)C. The van der Waals surface area contributed by atoms with E-state index in [1.807, 2.05) is 45.9 Å². The molecule has 0 saturated carbocycles. The number of carbonyl (C=O) groups excluding carboxylic acids is 1. The number of hydrogen-bond acceptors (Lipinski definition) is 2. The molecule has 0 aliphatic rings. The predicted octanol–water partition coefficient (Wildman–Crippen LogP) is 5.55. The Hall–Kier alpha value is -1.65. The molecule has 0 spiro atoms. The number of benzene rings is 1. The van der Waals surface area contributed by atoms with Crippen LogP contribution in [0.1, 0.15) is 64.0 Å². The maximum absolute atomic E-state index is 12.4. The van der Waals surface area contributed by atoms with Gasteiger partial charge in [0, 0.05) is 5.71 Å². The van der Waals surface area contributed by atoms with E-state index >= 15 is 0 Å². The Kier molecular flexibility index (Phi) is 5.92. The summed E-state index contributed by atoms with van der Waals surface area (Å²) in [5, 5.41) is 0. The standard InChI is InChI=1S/C17H22F3NO/c1-10(2)13-7-6-8-14(11(3)4)16(13)21-12(5)9-15(22)17(18,19)20/h6-8,10-11H,9H2,1-5H3/b21-12+. The number of Topliss-reactive ketones (excluding diaryl/α,β-unsaturated/α-hetero) is 1. The average molecular weight is 313 g/mol. The van der Waals surface area contributed by atoms with Crippen molar-refractivity contribution in [2.75, 3.05) is 0 Å². The Morgan fingerprint density at radius 3 is 1.91 bits per heavy atom. The molecule has 0 radical (unpaired) electrons. The smallest absolute Gasteiger partial charge is 0.289 e. The summed E-state index contributed by atoms with van der Waals surface area (Å²) in [4.78, 5) is 15.4. The van der Waals surface area contributed by atoms with Crippen LogP contribution >= 0.6 is 0 Å². The van der Waals surface area contributed by atoms with E-state index in [0.29, 0.717) is 5.69 Å². The highest BCUT2D eigenvalue weighted by Crippen LogP contribution is 2.35. The third-order valence-corrected chi connectivity index (χ3v) is 3.38. The molecule has 1 aromatic carbocycles. The van der Waals surface area contributed by atoms with Crippen molar-refractivity contribution in [1.82, 2.24) is 0 Å². The summed E-state index contributed by atoms with van der Waals surface area (Å²) in [7, 11) is 0. The van der Waals surface area contributed by atoms with Crippen LogP contribution in [0.3, 0.4) is 0 Å². The van der Waals surface area contributed by atoms with Gasteiger partial charge in [-0.2, -0.15) is 13.2 Å². The monoisotopic (exact) mass is 313 g/mol. The number of rotatable bonds is 5. The summed E-state index contributed by atoms with van der Waals surface area (Å²) in [6.45, 7) is 9.50. The summed E-state index contributed by atoms with van der Waals surface area (Å²) in [5.74, 6) is -1.37. The van der Waals surface area contributed by atoms with Crippen molar-refractivity contribution in [2.24, 2.45) is 4.99 Å². The van der Waals surface area contributed by atoms with Crippen LogP contribution < -0.4 is 0 Å². The first-order valence-electron chi connectivity index (χ1n) is 7.31. The van der Waals surface area contributed by atoms with E-state index in [-0.39, 0.29) is 17.5 Å². The zero-order chi connectivity index (χ0) is 17.1. The third-order valence-electron chi connectivity index (χ3n) is 3.38. The second-order valence-corrected chi connectivity index (χ2v) is 6.04. The molecule has 0 aromatic heterocycles. The first-order valence-corrected chi connectivity index (χ1v) is 7.31. The largest absolute Gasteiger partial charge is 0.450 e. The normalized spacial score (nSPS) is 13.1. The van der Waals surface area contributed by atoms with Gasteiger partial charge < -0.3 is 0 Å². The quantitative estimate of drug-likeness (QED) is 0.655. The highest BCUT2D eigenvalue weighted by Gasteiger charge is 2.38. The summed E-state index contributed by atoms with van der Waals surface area (Å²) in [5.41, 5.74) is 2.83. The molecule has 5 heteroatoms. The van der Waals surface area contributed by atoms with Crippen LogP contribution in [0.15, 0.2) is 23.2 Å². The molecular formula is C17H22F3NO. The third kappa shape index (κ3) is 4.68. The Labute approximate surface area is 129 Å². The van der Waals surface area contributed by atoms with Crippen LogP contribution in [0.5, 0.6) is 0 Å². The fraction of sp³-hybridized carbons (Fsp3) is 0.529. The molecule has 0 N–H and O–H groups in total. The molecule has 0 aliphatic heterocycles. The van der Waals surface area contributed by atoms with Crippen molar-refractivity contribution in [3.63, 3.8) is 0 Å². The number of alkyl halides is 3. The van der Waals surface area contributed by atoms with E-state index in [4.69, 9.17) is 0 Å². The van der Waals surface area contributed by atoms with Gasteiger partial charge in [0.25, 0.3) is 0 Å². The molecule has 22 heavy (non-hydrogen) atoms. The van der Waals surface area contributed by atoms with Crippen molar-refractivity contribution >= 4 is 17.2 Å². The minimum atomic E-state index is -4.81. The van der Waals surface area contributed by atoms with E-state index in [0.717, 1.165) is 11.1 Å². The number of carbonyl (C=O) groups is 1. The van der Waals surface area contributed by atoms with Crippen LogP contribution in [-0.4, -0.2) is 17.7 Å². The zero-order valence-corrected chi connectivity index (χ0v) is 13.6. The number of halogens is 3. The van der Waals surface area contributed by atoms with Gasteiger partial charge in [0.15, 0.2) is 0 Å². The van der Waals surface area contributed by atoms with Crippen molar-refractivity contribution in [3.8, 4) is 0 Å². The van der Waals surface area contributed by atoms with E-state index in [2.05, 4.69) is 4.99 Å². The Balaban J connectivity index is 3.25. The summed E-state index contributed by atoms with van der Waals surface area (Å²) >= 11 is 0. The van der Waals surface area contributed by atoms with E-state index in [9.17, 15) is 18.0 Å². The first-order chi connectivity index (χ1) is 10.0. The summed E-state index contributed by atoms with van der Waals surface area (Å²) < 4.78 is 37.1. The lowest BCUT2D eigenvalue weighted by Gasteiger charge is -2.17. The molecule has 0 saturated heterocycles. The van der Waals surface area contributed by atoms with Crippen LogP contribution in [-0.2, 0) is 4.79 Å². The van der Waals surface area contributed by atoms with E-state index < -0.39 is 18.4 Å². The molecule has 122 valence electrons. The number of nitrogens with zero attached hydrogens (tertiary/aromatic N) is 1. The molecule has 0 amide bonds. The second-order valence-electron chi connectivity index (χ2n) is 6.04. The fourth-order valence-electron chi connectivity index (χ4n) is 2.20. The van der Waals surface area contributed by atoms with Gasteiger partial charge in [0.1, 0.15) is 0 Å². The van der Waals surface area contributed by atoms with Crippen LogP contribution in [0.2, 0.25) is 0 Å². The zero-order valence-electron chi connectivity index (χ0n) is 13.6. The molecular weight excluding hydrogens is 291 g/mol. The summed E-state index contributed by atoms with van der Waals surface area (Å²) in [6.07, 6.45) is -5.51. The lowest BCUT2D eigenvalue weighted by atomic mass is 9.93. The van der Waals surface area contributed by atoms with Crippen molar-refractivity contribution < 1.29 is 18.0 Å². The number of para-hydroxylation sites is 1. The van der Waals surface area contributed by atoms with Gasteiger partial charge in [0.2, 0.25) is 5.78 Å². The second kappa shape index (κ2) is 7.07. The van der Waals surface area contributed by atoms with Crippen LogP contribution in [0.25, 0.3) is 0 Å². The highest BCUT2D eigenvalue weighted by atomic mass is 19.4. The number of aliphatic imine (C=N–C) groups is 1. The van der Waals surface area contributed by atoms with Gasteiger partial charge in [0.05, 0.1) is 12.1 Å². The lowest BCUT2D eigenvalue weighted by Crippen LogP contribution is -2.24. The molecule has 0 unspecified atom stereocenters. The van der Waals surface area contributed by atoms with Crippen molar-refractivity contribution in [1.29, 1.82) is 0 Å². The first kappa shape index (κ1) is 18.4. The van der Waals surface area contributed by atoms with Gasteiger partial charge in [-0.3, -0.25) is 9.79 Å². The molecule has 2 nitrogen and oxygen atoms in total. The maximum Gasteiger partial charge on any atom is 0.450 e. The molecule has 1 rings (SSSR count). The number of hydrogen-bond donors (Lipinski definition) is 0. The van der Waals surface area contributed by atoms with Crippen molar-refractivity contribution in [2.45, 2.75) is 59.1 Å². The molecule has 1 aromatic rings. The van der Waals surface area contributed by atoms with Crippen LogP contribution in [0, 0.1) is 0 Å². The molecule has 0 heterocycles. The van der Waals surface area contributed by atoms with Crippen LogP contribution in [0.4, 0.5) is 18.9 Å². The van der Waals surface area contributed by atoms with Gasteiger partial charge in [-0.15, -0.1) is 0 Å². The average Bonchev–Trinajstić information content (AvgIpc) is 2.36. The molecule has 0 bridgehead atoms. The lowest BCUT2D eigenvalue weighted by molar-refractivity contribution is -0.169. The van der Waals surface area contributed by atoms with Gasteiger partial charge in [-0.05, 0) is 29.9 Å². The van der Waals surface area contributed by atoms with Gasteiger partial charge in [-0.1, -0.05) is 45.9 Å². The molecule has 0 fully saturated rings. The molecule has 0 aliphatic carbocycles. The molecule has 0 atom stereocenters.